The maximum atomic E-state index is 12.1. The first kappa shape index (κ1) is 25.6. The number of carbonyl (C=O) groups excluding carboxylic acids is 1. The van der Waals surface area contributed by atoms with E-state index in [4.69, 9.17) is 23.7 Å². The van der Waals surface area contributed by atoms with Gasteiger partial charge in [0.2, 0.25) is 0 Å². The van der Waals surface area contributed by atoms with E-state index < -0.39 is 0 Å². The average Bonchev–Trinajstić information content (AvgIpc) is 3.38. The van der Waals surface area contributed by atoms with Gasteiger partial charge >= 0.3 is 5.97 Å². The summed E-state index contributed by atoms with van der Waals surface area (Å²) in [5, 5.41) is 0. The number of rotatable bonds is 11. The summed E-state index contributed by atoms with van der Waals surface area (Å²) in [5.74, 6) is 7.21. The largest absolute Gasteiger partial charge is 0.493 e. The predicted molar refractivity (Wildman–Crippen MR) is 130 cm³/mol. The van der Waals surface area contributed by atoms with Gasteiger partial charge in [-0.25, -0.2) is 0 Å². The van der Waals surface area contributed by atoms with Crippen molar-refractivity contribution in [2.45, 2.75) is 50.7 Å². The van der Waals surface area contributed by atoms with Crippen LogP contribution in [0.3, 0.4) is 0 Å². The van der Waals surface area contributed by atoms with E-state index in [9.17, 15) is 4.79 Å². The Hall–Kier alpha value is -3.01. The van der Waals surface area contributed by atoms with Gasteiger partial charge in [0, 0.05) is 12.7 Å². The van der Waals surface area contributed by atoms with Gasteiger partial charge in [0.25, 0.3) is 0 Å². The van der Waals surface area contributed by atoms with E-state index in [0.29, 0.717) is 31.3 Å². The first-order valence-electron chi connectivity index (χ1n) is 11.7. The molecule has 0 saturated heterocycles. The molecular formula is C28H34O6. The fourth-order valence-corrected chi connectivity index (χ4v) is 3.88. The van der Waals surface area contributed by atoms with E-state index in [2.05, 4.69) is 11.8 Å². The Morgan fingerprint density at radius 1 is 1.00 bits per heavy atom. The zero-order valence-corrected chi connectivity index (χ0v) is 20.3. The summed E-state index contributed by atoms with van der Waals surface area (Å²) in [5.41, 5.74) is 2.83. The molecule has 0 bridgehead atoms. The van der Waals surface area contributed by atoms with Crippen LogP contribution in [0, 0.1) is 11.8 Å². The van der Waals surface area contributed by atoms with Crippen molar-refractivity contribution in [3.63, 3.8) is 0 Å². The number of ether oxygens (including phenoxy) is 5. The van der Waals surface area contributed by atoms with E-state index in [1.807, 2.05) is 42.5 Å². The number of carbonyl (C=O) groups is 1. The highest BCUT2D eigenvalue weighted by molar-refractivity contribution is 5.71. The Morgan fingerprint density at radius 3 is 2.44 bits per heavy atom. The van der Waals surface area contributed by atoms with Crippen molar-refractivity contribution < 1.29 is 28.5 Å². The molecule has 34 heavy (non-hydrogen) atoms. The Kier molecular flexibility index (Phi) is 10.3. The molecule has 0 amide bonds. The van der Waals surface area contributed by atoms with Crippen LogP contribution < -0.4 is 9.47 Å². The molecule has 1 unspecified atom stereocenters. The highest BCUT2D eigenvalue weighted by atomic mass is 16.5. The van der Waals surface area contributed by atoms with Gasteiger partial charge in [-0.1, -0.05) is 30.0 Å². The smallest absolute Gasteiger partial charge is 0.307 e. The highest BCUT2D eigenvalue weighted by Gasteiger charge is 2.21. The molecule has 1 saturated carbocycles. The quantitative estimate of drug-likeness (QED) is 0.267. The number of hydrogen-bond donors (Lipinski definition) is 0. The van der Waals surface area contributed by atoms with Crippen molar-refractivity contribution in [2.75, 3.05) is 34.5 Å². The van der Waals surface area contributed by atoms with Gasteiger partial charge < -0.3 is 23.7 Å². The van der Waals surface area contributed by atoms with Crippen LogP contribution in [0.5, 0.6) is 11.5 Å². The average molecular weight is 467 g/mol. The van der Waals surface area contributed by atoms with Gasteiger partial charge in [-0.3, -0.25) is 4.79 Å². The number of esters is 1. The van der Waals surface area contributed by atoms with Gasteiger partial charge in [0.15, 0.2) is 11.5 Å². The molecule has 1 aliphatic carbocycles. The van der Waals surface area contributed by atoms with Gasteiger partial charge in [-0.05, 0) is 61.1 Å². The van der Waals surface area contributed by atoms with Crippen LogP contribution in [-0.2, 0) is 25.6 Å². The molecule has 0 aromatic heterocycles. The molecule has 0 radical (unpaired) electrons. The molecule has 6 heteroatoms. The number of methoxy groups -OCH3 is 3. The summed E-state index contributed by atoms with van der Waals surface area (Å²) in [6, 6.07) is 13.7. The van der Waals surface area contributed by atoms with Crippen molar-refractivity contribution in [3.05, 3.63) is 59.2 Å². The van der Waals surface area contributed by atoms with Crippen LogP contribution >= 0.6 is 0 Å². The van der Waals surface area contributed by atoms with Crippen molar-refractivity contribution in [3.8, 4) is 23.3 Å². The van der Waals surface area contributed by atoms with Crippen molar-refractivity contribution in [1.29, 1.82) is 0 Å². The lowest BCUT2D eigenvalue weighted by atomic mass is 9.95. The molecule has 182 valence electrons. The summed E-state index contributed by atoms with van der Waals surface area (Å²) in [6.07, 6.45) is 4.82. The molecule has 1 fully saturated rings. The van der Waals surface area contributed by atoms with E-state index in [1.165, 1.54) is 20.0 Å². The first-order chi connectivity index (χ1) is 16.6. The third-order valence-electron chi connectivity index (χ3n) is 5.83. The molecule has 0 N–H and O–H groups in total. The predicted octanol–water partition coefficient (Wildman–Crippen LogP) is 4.88. The second-order valence-corrected chi connectivity index (χ2v) is 8.28. The standard InChI is InChI=1S/C28H34O6/c1-30-16-17-33-20-22-10-8-21(9-11-22)12-13-24(19-28(29)32-3)23-14-15-26(31-2)27(18-23)34-25-6-4-5-7-25/h8-11,14-15,18,24-25H,4-7,16-17,19-20H2,1-3H3. The number of benzene rings is 2. The van der Waals surface area contributed by atoms with Crippen LogP contribution in [0.1, 0.15) is 54.7 Å². The van der Waals surface area contributed by atoms with Crippen LogP contribution in [0.25, 0.3) is 0 Å². The summed E-state index contributed by atoms with van der Waals surface area (Å²) in [4.78, 5) is 12.1. The monoisotopic (exact) mass is 466 g/mol. The van der Waals surface area contributed by atoms with Crippen LogP contribution in [0.4, 0.5) is 0 Å². The summed E-state index contributed by atoms with van der Waals surface area (Å²) >= 11 is 0. The van der Waals surface area contributed by atoms with E-state index in [-0.39, 0.29) is 24.4 Å². The zero-order chi connectivity index (χ0) is 24.2. The fraction of sp³-hybridized carbons (Fsp3) is 0.464. The summed E-state index contributed by atoms with van der Waals surface area (Å²) in [7, 11) is 4.68. The van der Waals surface area contributed by atoms with Crippen LogP contribution in [0.15, 0.2) is 42.5 Å². The molecule has 1 aliphatic rings. The highest BCUT2D eigenvalue weighted by Crippen LogP contribution is 2.35. The molecule has 2 aromatic rings. The molecule has 6 nitrogen and oxygen atoms in total. The Balaban J connectivity index is 1.77. The molecular weight excluding hydrogens is 432 g/mol. The van der Waals surface area contributed by atoms with Crippen LogP contribution in [-0.4, -0.2) is 46.6 Å². The maximum Gasteiger partial charge on any atom is 0.307 e. The normalized spacial score (nSPS) is 14.2. The van der Waals surface area contributed by atoms with Crippen LogP contribution in [0.2, 0.25) is 0 Å². The van der Waals surface area contributed by atoms with E-state index in [0.717, 1.165) is 29.5 Å². The van der Waals surface area contributed by atoms with Gasteiger partial charge in [-0.2, -0.15) is 0 Å². The third-order valence-corrected chi connectivity index (χ3v) is 5.83. The summed E-state index contributed by atoms with van der Waals surface area (Å²) < 4.78 is 27.2. The molecule has 0 spiro atoms. The fourth-order valence-electron chi connectivity index (χ4n) is 3.88. The first-order valence-corrected chi connectivity index (χ1v) is 11.7. The maximum absolute atomic E-state index is 12.1. The van der Waals surface area contributed by atoms with E-state index in [1.54, 1.807) is 14.2 Å². The Bertz CT molecular complexity index is 967. The van der Waals surface area contributed by atoms with Gasteiger partial charge in [0.05, 0.1) is 52.5 Å². The minimum atomic E-state index is -0.332. The molecule has 1 atom stereocenters. The molecule has 2 aromatic carbocycles. The third kappa shape index (κ3) is 7.79. The van der Waals surface area contributed by atoms with Crippen molar-refractivity contribution >= 4 is 5.97 Å². The Labute approximate surface area is 202 Å². The van der Waals surface area contributed by atoms with Gasteiger partial charge in [0.1, 0.15) is 0 Å². The SMILES string of the molecule is COCCOCc1ccc(C#CC(CC(=O)OC)c2ccc(OC)c(OC3CCCC3)c2)cc1. The van der Waals surface area contributed by atoms with Gasteiger partial charge in [-0.15, -0.1) is 0 Å². The van der Waals surface area contributed by atoms with E-state index >= 15 is 0 Å². The molecule has 0 heterocycles. The zero-order valence-electron chi connectivity index (χ0n) is 20.3. The lowest BCUT2D eigenvalue weighted by molar-refractivity contribution is -0.140. The summed E-state index contributed by atoms with van der Waals surface area (Å²) in [6.45, 7) is 1.66. The molecule has 3 rings (SSSR count). The minimum absolute atomic E-state index is 0.157. The van der Waals surface area contributed by atoms with Crippen molar-refractivity contribution in [1.82, 2.24) is 0 Å². The Morgan fingerprint density at radius 2 is 1.76 bits per heavy atom. The second kappa shape index (κ2) is 13.6. The molecule has 0 aliphatic heterocycles. The number of hydrogen-bond acceptors (Lipinski definition) is 6. The minimum Gasteiger partial charge on any atom is -0.493 e. The topological polar surface area (TPSA) is 63.2 Å². The second-order valence-electron chi connectivity index (χ2n) is 8.28. The lowest BCUT2D eigenvalue weighted by Crippen LogP contribution is -2.12. The van der Waals surface area contributed by atoms with Crippen molar-refractivity contribution in [2.24, 2.45) is 0 Å². The lowest BCUT2D eigenvalue weighted by Gasteiger charge is -2.18.